The Morgan fingerprint density at radius 3 is 2.67 bits per heavy atom. The van der Waals surface area contributed by atoms with Crippen molar-refractivity contribution in [1.29, 1.82) is 0 Å². The Balaban J connectivity index is 1.89. The molecule has 0 fully saturated rings. The van der Waals surface area contributed by atoms with E-state index < -0.39 is 0 Å². The van der Waals surface area contributed by atoms with Gasteiger partial charge in [0.2, 0.25) is 11.8 Å². The molecule has 2 aromatic rings. The average Bonchev–Trinajstić information content (AvgIpc) is 2.66. The smallest absolute Gasteiger partial charge is 0.220 e. The predicted molar refractivity (Wildman–Crippen MR) is 108 cm³/mol. The number of thioether (sulfide) groups is 1. The van der Waals surface area contributed by atoms with Crippen LogP contribution in [0.15, 0.2) is 23.5 Å². The fourth-order valence-electron chi connectivity index (χ4n) is 2.68. The van der Waals surface area contributed by atoms with E-state index in [0.717, 1.165) is 40.5 Å². The number of ether oxygens (including phenoxy) is 1. The van der Waals surface area contributed by atoms with Crippen molar-refractivity contribution in [1.82, 2.24) is 20.3 Å². The van der Waals surface area contributed by atoms with Crippen molar-refractivity contribution < 1.29 is 9.53 Å². The molecule has 1 N–H and O–H groups in total. The summed E-state index contributed by atoms with van der Waals surface area (Å²) >= 11 is 1.52. The number of rotatable bonds is 10. The van der Waals surface area contributed by atoms with Gasteiger partial charge in [0.1, 0.15) is 0 Å². The van der Waals surface area contributed by atoms with Crippen molar-refractivity contribution in [3.8, 4) is 5.88 Å². The molecule has 146 valence electrons. The third kappa shape index (κ3) is 6.50. The van der Waals surface area contributed by atoms with Gasteiger partial charge in [-0.1, -0.05) is 31.2 Å². The van der Waals surface area contributed by atoms with E-state index in [1.54, 1.807) is 6.20 Å². The van der Waals surface area contributed by atoms with Crippen molar-refractivity contribution in [2.75, 3.05) is 12.9 Å². The molecule has 0 aliphatic rings. The van der Waals surface area contributed by atoms with Crippen LogP contribution in [0.4, 0.5) is 0 Å². The van der Waals surface area contributed by atoms with Gasteiger partial charge in [-0.3, -0.25) is 4.79 Å². The molecule has 0 spiro atoms. The molecule has 0 aromatic carbocycles. The van der Waals surface area contributed by atoms with Crippen LogP contribution >= 0.6 is 11.8 Å². The Kier molecular flexibility index (Phi) is 8.51. The van der Waals surface area contributed by atoms with Crippen LogP contribution in [0.2, 0.25) is 0 Å². The van der Waals surface area contributed by atoms with Crippen molar-refractivity contribution >= 4 is 17.7 Å². The first-order valence-corrected chi connectivity index (χ1v) is 10.5. The number of unbranched alkanes of at least 4 members (excludes halogenated alkanes) is 1. The summed E-state index contributed by atoms with van der Waals surface area (Å²) in [5.41, 5.74) is 3.83. The van der Waals surface area contributed by atoms with Crippen molar-refractivity contribution in [3.63, 3.8) is 0 Å². The third-order valence-corrected chi connectivity index (χ3v) is 4.80. The molecule has 2 heterocycles. The molecule has 0 aliphatic carbocycles. The minimum Gasteiger partial charge on any atom is -0.477 e. The van der Waals surface area contributed by atoms with Crippen LogP contribution in [-0.4, -0.2) is 33.7 Å². The Bertz CT molecular complexity index is 744. The zero-order valence-corrected chi connectivity index (χ0v) is 17.4. The van der Waals surface area contributed by atoms with Crippen LogP contribution in [0.3, 0.4) is 0 Å². The summed E-state index contributed by atoms with van der Waals surface area (Å²) in [6.07, 6.45) is 6.75. The van der Waals surface area contributed by atoms with Crippen LogP contribution in [0.5, 0.6) is 5.88 Å². The minimum absolute atomic E-state index is 0.00824. The van der Waals surface area contributed by atoms with Crippen LogP contribution in [-0.2, 0) is 17.8 Å². The molecular weight excluding hydrogens is 360 g/mol. The number of hydrogen-bond acceptors (Lipinski definition) is 6. The maximum atomic E-state index is 12.3. The van der Waals surface area contributed by atoms with Gasteiger partial charge in [0.05, 0.1) is 6.61 Å². The van der Waals surface area contributed by atoms with Gasteiger partial charge in [-0.2, -0.15) is 0 Å². The monoisotopic (exact) mass is 388 g/mol. The van der Waals surface area contributed by atoms with E-state index in [2.05, 4.69) is 27.2 Å². The number of nitrogens with one attached hydrogen (secondary N) is 1. The lowest BCUT2D eigenvalue weighted by molar-refractivity contribution is -0.121. The molecule has 0 saturated carbocycles. The average molecular weight is 389 g/mol. The number of amides is 1. The molecule has 0 radical (unpaired) electrons. The SMILES string of the molecule is CCCCOc1ncccc1CNC(=O)CCc1c(C)nc(SC)nc1C. The summed E-state index contributed by atoms with van der Waals surface area (Å²) in [4.78, 5) is 25.5. The molecule has 2 aromatic heterocycles. The van der Waals surface area contributed by atoms with E-state index in [4.69, 9.17) is 4.74 Å². The van der Waals surface area contributed by atoms with Gasteiger partial charge < -0.3 is 10.1 Å². The molecule has 27 heavy (non-hydrogen) atoms. The Hall–Kier alpha value is -2.15. The van der Waals surface area contributed by atoms with Crippen LogP contribution < -0.4 is 10.1 Å². The first-order chi connectivity index (χ1) is 13.0. The number of pyridine rings is 1. The highest BCUT2D eigenvalue weighted by atomic mass is 32.2. The summed E-state index contributed by atoms with van der Waals surface area (Å²) in [5, 5.41) is 3.73. The molecule has 0 saturated heterocycles. The molecule has 0 aliphatic heterocycles. The number of hydrogen-bond donors (Lipinski definition) is 1. The van der Waals surface area contributed by atoms with Gasteiger partial charge in [0, 0.05) is 36.1 Å². The molecule has 6 nitrogen and oxygen atoms in total. The zero-order chi connectivity index (χ0) is 19.6. The van der Waals surface area contributed by atoms with E-state index in [1.165, 1.54) is 11.8 Å². The highest BCUT2D eigenvalue weighted by Gasteiger charge is 2.11. The van der Waals surface area contributed by atoms with Gasteiger partial charge in [0.15, 0.2) is 5.16 Å². The molecule has 7 heteroatoms. The lowest BCUT2D eigenvalue weighted by atomic mass is 10.1. The van der Waals surface area contributed by atoms with Crippen LogP contribution in [0, 0.1) is 13.8 Å². The highest BCUT2D eigenvalue weighted by Crippen LogP contribution is 2.17. The minimum atomic E-state index is -0.00824. The second-order valence-electron chi connectivity index (χ2n) is 6.31. The van der Waals surface area contributed by atoms with Crippen molar-refractivity contribution in [3.05, 3.63) is 40.8 Å². The summed E-state index contributed by atoms with van der Waals surface area (Å²) < 4.78 is 5.71. The third-order valence-electron chi connectivity index (χ3n) is 4.25. The quantitative estimate of drug-likeness (QED) is 0.380. The molecular formula is C20H28N4O2S. The molecule has 1 amide bonds. The van der Waals surface area contributed by atoms with Crippen molar-refractivity contribution in [2.45, 2.75) is 58.2 Å². The number of carbonyl (C=O) groups excluding carboxylic acids is 1. The summed E-state index contributed by atoms with van der Waals surface area (Å²) in [6.45, 7) is 7.10. The summed E-state index contributed by atoms with van der Waals surface area (Å²) in [6, 6.07) is 3.78. The van der Waals surface area contributed by atoms with Gasteiger partial charge in [-0.15, -0.1) is 0 Å². The molecule has 0 bridgehead atoms. The number of nitrogens with zero attached hydrogens (tertiary/aromatic N) is 3. The van der Waals surface area contributed by atoms with Crippen LogP contribution in [0.25, 0.3) is 0 Å². The maximum Gasteiger partial charge on any atom is 0.220 e. The fourth-order valence-corrected chi connectivity index (χ4v) is 3.14. The molecule has 0 atom stereocenters. The normalized spacial score (nSPS) is 10.7. The van der Waals surface area contributed by atoms with Crippen molar-refractivity contribution in [2.24, 2.45) is 0 Å². The first-order valence-electron chi connectivity index (χ1n) is 9.26. The Labute approximate surface area is 165 Å². The molecule has 2 rings (SSSR count). The van der Waals surface area contributed by atoms with Gasteiger partial charge in [0.25, 0.3) is 0 Å². The number of aryl methyl sites for hydroxylation is 2. The van der Waals surface area contributed by atoms with Gasteiger partial charge >= 0.3 is 0 Å². The Morgan fingerprint density at radius 2 is 2.00 bits per heavy atom. The van der Waals surface area contributed by atoms with E-state index >= 15 is 0 Å². The number of carbonyl (C=O) groups is 1. The summed E-state index contributed by atoms with van der Waals surface area (Å²) in [5.74, 6) is 0.588. The maximum absolute atomic E-state index is 12.3. The second kappa shape index (κ2) is 10.9. The van der Waals surface area contributed by atoms with E-state index in [1.807, 2.05) is 32.2 Å². The predicted octanol–water partition coefficient (Wildman–Crippen LogP) is 3.64. The molecule has 0 unspecified atom stereocenters. The number of aromatic nitrogens is 3. The first kappa shape index (κ1) is 21.2. The van der Waals surface area contributed by atoms with Gasteiger partial charge in [-0.05, 0) is 44.6 Å². The lowest BCUT2D eigenvalue weighted by Crippen LogP contribution is -2.24. The van der Waals surface area contributed by atoms with Gasteiger partial charge in [-0.25, -0.2) is 15.0 Å². The summed E-state index contributed by atoms with van der Waals surface area (Å²) in [7, 11) is 0. The fraction of sp³-hybridized carbons (Fsp3) is 0.500. The van der Waals surface area contributed by atoms with E-state index in [0.29, 0.717) is 31.9 Å². The topological polar surface area (TPSA) is 77.0 Å². The second-order valence-corrected chi connectivity index (χ2v) is 7.08. The Morgan fingerprint density at radius 1 is 1.26 bits per heavy atom. The standard InChI is InChI=1S/C20H28N4O2S/c1-5-6-12-26-19-16(8-7-11-21-19)13-22-18(25)10-9-17-14(2)23-20(27-4)24-15(17)3/h7-8,11H,5-6,9-10,12-13H2,1-4H3,(H,22,25). The lowest BCUT2D eigenvalue weighted by Gasteiger charge is -2.12. The van der Waals surface area contributed by atoms with E-state index in [9.17, 15) is 4.79 Å². The van der Waals surface area contributed by atoms with E-state index in [-0.39, 0.29) is 5.91 Å². The zero-order valence-electron chi connectivity index (χ0n) is 16.5. The van der Waals surface area contributed by atoms with Crippen LogP contribution in [0.1, 0.15) is 48.7 Å². The largest absolute Gasteiger partial charge is 0.477 e. The highest BCUT2D eigenvalue weighted by molar-refractivity contribution is 7.98.